The van der Waals surface area contributed by atoms with Gasteiger partial charge in [0.1, 0.15) is 10.7 Å². The molecule has 0 saturated carbocycles. The fourth-order valence-corrected chi connectivity index (χ4v) is 5.16. The first-order chi connectivity index (χ1) is 12.6. The molecule has 138 valence electrons. The van der Waals surface area contributed by atoms with Crippen molar-refractivity contribution in [2.24, 2.45) is 0 Å². The van der Waals surface area contributed by atoms with Gasteiger partial charge in [-0.15, -0.1) is 34.4 Å². The molecule has 3 rings (SSSR count). The molecule has 1 amide bonds. The van der Waals surface area contributed by atoms with Gasteiger partial charge in [0.15, 0.2) is 0 Å². The minimum absolute atomic E-state index is 0.0263. The standard InChI is InChI=1S/C18H21N3O2S3/c1-3-4-7-19-15(22)10-24-9-14-20-17(23)16-12(8-25-18(16)21-14)13-6-5-11(2)26-13/h5-6,8H,3-4,7,9-10H2,1-2H3,(H,19,22)(H,20,21,23). The molecule has 0 spiro atoms. The molecular formula is C18H21N3O2S3. The molecule has 2 N–H and O–H groups in total. The average Bonchev–Trinajstić information content (AvgIpc) is 3.21. The number of aryl methyl sites for hydroxylation is 1. The summed E-state index contributed by atoms with van der Waals surface area (Å²) in [6.45, 7) is 4.87. The van der Waals surface area contributed by atoms with Crippen molar-refractivity contribution in [3.05, 3.63) is 38.6 Å². The predicted molar refractivity (Wildman–Crippen MR) is 112 cm³/mol. The summed E-state index contributed by atoms with van der Waals surface area (Å²) in [5.41, 5.74) is 0.839. The zero-order chi connectivity index (χ0) is 18.5. The molecule has 0 aliphatic carbocycles. The van der Waals surface area contributed by atoms with Crippen LogP contribution in [-0.2, 0) is 10.5 Å². The van der Waals surface area contributed by atoms with Crippen LogP contribution in [0.15, 0.2) is 22.3 Å². The molecule has 0 fully saturated rings. The van der Waals surface area contributed by atoms with Gasteiger partial charge in [-0.1, -0.05) is 13.3 Å². The number of aromatic amines is 1. The highest BCUT2D eigenvalue weighted by molar-refractivity contribution is 7.99. The summed E-state index contributed by atoms with van der Waals surface area (Å²) >= 11 is 4.62. The third kappa shape index (κ3) is 4.55. The van der Waals surface area contributed by atoms with Gasteiger partial charge in [0.25, 0.3) is 5.56 Å². The van der Waals surface area contributed by atoms with E-state index in [9.17, 15) is 9.59 Å². The average molecular weight is 408 g/mol. The number of thiophene rings is 2. The Balaban J connectivity index is 1.68. The Kier molecular flexibility index (Phi) is 6.50. The lowest BCUT2D eigenvalue weighted by Gasteiger charge is -2.04. The van der Waals surface area contributed by atoms with Crippen LogP contribution in [0.4, 0.5) is 0 Å². The summed E-state index contributed by atoms with van der Waals surface area (Å²) in [6.07, 6.45) is 2.05. The number of amides is 1. The second-order valence-electron chi connectivity index (χ2n) is 5.95. The molecule has 0 atom stereocenters. The second kappa shape index (κ2) is 8.83. The van der Waals surface area contributed by atoms with E-state index in [1.807, 2.05) is 11.4 Å². The number of carbonyl (C=O) groups is 1. The molecule has 0 radical (unpaired) electrons. The predicted octanol–water partition coefficient (Wildman–Crippen LogP) is 4.17. The fraction of sp³-hybridized carbons (Fsp3) is 0.389. The first kappa shape index (κ1) is 19.1. The number of H-pyrrole nitrogens is 1. The van der Waals surface area contributed by atoms with Gasteiger partial charge < -0.3 is 10.3 Å². The molecule has 5 nitrogen and oxygen atoms in total. The number of thioether (sulfide) groups is 1. The number of nitrogens with zero attached hydrogens (tertiary/aromatic N) is 1. The summed E-state index contributed by atoms with van der Waals surface area (Å²) in [4.78, 5) is 34.8. The highest BCUT2D eigenvalue weighted by Gasteiger charge is 2.14. The lowest BCUT2D eigenvalue weighted by atomic mass is 10.2. The van der Waals surface area contributed by atoms with Crippen molar-refractivity contribution < 1.29 is 4.79 Å². The number of nitrogens with one attached hydrogen (secondary N) is 2. The van der Waals surface area contributed by atoms with Gasteiger partial charge in [-0.3, -0.25) is 9.59 Å². The number of hydrogen-bond donors (Lipinski definition) is 2. The molecule has 3 heterocycles. The third-order valence-corrected chi connectivity index (χ3v) is 6.67. The lowest BCUT2D eigenvalue weighted by molar-refractivity contribution is -0.118. The largest absolute Gasteiger partial charge is 0.355 e. The third-order valence-electron chi connectivity index (χ3n) is 3.82. The van der Waals surface area contributed by atoms with E-state index < -0.39 is 0 Å². The summed E-state index contributed by atoms with van der Waals surface area (Å²) in [7, 11) is 0. The smallest absolute Gasteiger partial charge is 0.260 e. The maximum atomic E-state index is 12.6. The molecule has 3 aromatic heterocycles. The van der Waals surface area contributed by atoms with Crippen molar-refractivity contribution in [2.75, 3.05) is 12.3 Å². The Morgan fingerprint density at radius 3 is 2.96 bits per heavy atom. The molecule has 26 heavy (non-hydrogen) atoms. The Hall–Kier alpha value is -1.64. The number of carbonyl (C=O) groups excluding carboxylic acids is 1. The van der Waals surface area contributed by atoms with E-state index in [2.05, 4.69) is 35.2 Å². The van der Waals surface area contributed by atoms with Crippen LogP contribution in [0.3, 0.4) is 0 Å². The van der Waals surface area contributed by atoms with Gasteiger partial charge in [0.05, 0.1) is 16.9 Å². The van der Waals surface area contributed by atoms with Crippen LogP contribution in [0.2, 0.25) is 0 Å². The maximum absolute atomic E-state index is 12.6. The minimum atomic E-state index is -0.111. The van der Waals surface area contributed by atoms with Crippen LogP contribution in [0, 0.1) is 6.92 Å². The Bertz CT molecular complexity index is 958. The number of hydrogen-bond acceptors (Lipinski definition) is 6. The SMILES string of the molecule is CCCCNC(=O)CSCc1nc2scc(-c3ccc(C)s3)c2c(=O)[nH]1. The highest BCUT2D eigenvalue weighted by Crippen LogP contribution is 2.35. The van der Waals surface area contributed by atoms with Crippen LogP contribution in [-0.4, -0.2) is 28.2 Å². The lowest BCUT2D eigenvalue weighted by Crippen LogP contribution is -2.26. The quantitative estimate of drug-likeness (QED) is 0.550. The normalized spacial score (nSPS) is 11.2. The number of fused-ring (bicyclic) bond motifs is 1. The van der Waals surface area contributed by atoms with E-state index >= 15 is 0 Å². The van der Waals surface area contributed by atoms with Gasteiger partial charge in [-0.05, 0) is 25.5 Å². The van der Waals surface area contributed by atoms with E-state index in [0.29, 0.717) is 22.7 Å². The van der Waals surface area contributed by atoms with Gasteiger partial charge >= 0.3 is 0 Å². The molecule has 0 aliphatic heterocycles. The van der Waals surface area contributed by atoms with Gasteiger partial charge in [0, 0.05) is 27.2 Å². The number of rotatable bonds is 8. The molecule has 0 unspecified atom stereocenters. The van der Waals surface area contributed by atoms with Crippen molar-refractivity contribution in [1.29, 1.82) is 0 Å². The zero-order valence-electron chi connectivity index (χ0n) is 14.8. The number of unbranched alkanes of at least 4 members (excludes halogenated alkanes) is 1. The van der Waals surface area contributed by atoms with Gasteiger partial charge in [-0.25, -0.2) is 4.98 Å². The van der Waals surface area contributed by atoms with Crippen molar-refractivity contribution in [3.8, 4) is 10.4 Å². The topological polar surface area (TPSA) is 74.8 Å². The van der Waals surface area contributed by atoms with E-state index in [0.717, 1.165) is 34.7 Å². The molecule has 8 heteroatoms. The summed E-state index contributed by atoms with van der Waals surface area (Å²) < 4.78 is 0. The van der Waals surface area contributed by atoms with Crippen LogP contribution in [0.25, 0.3) is 20.7 Å². The van der Waals surface area contributed by atoms with Gasteiger partial charge in [0.2, 0.25) is 5.91 Å². The van der Waals surface area contributed by atoms with Gasteiger partial charge in [-0.2, -0.15) is 0 Å². The molecule has 0 saturated heterocycles. The summed E-state index contributed by atoms with van der Waals surface area (Å²) in [5, 5.41) is 5.54. The minimum Gasteiger partial charge on any atom is -0.355 e. The molecule has 0 aliphatic rings. The molecular weight excluding hydrogens is 386 g/mol. The highest BCUT2D eigenvalue weighted by atomic mass is 32.2. The van der Waals surface area contributed by atoms with Crippen molar-refractivity contribution in [3.63, 3.8) is 0 Å². The monoisotopic (exact) mass is 407 g/mol. The Morgan fingerprint density at radius 1 is 1.38 bits per heavy atom. The van der Waals surface area contributed by atoms with Crippen molar-refractivity contribution in [2.45, 2.75) is 32.4 Å². The first-order valence-electron chi connectivity index (χ1n) is 8.50. The van der Waals surface area contributed by atoms with E-state index in [1.165, 1.54) is 28.0 Å². The van der Waals surface area contributed by atoms with E-state index in [4.69, 9.17) is 0 Å². The molecule has 0 aromatic carbocycles. The van der Waals surface area contributed by atoms with Crippen molar-refractivity contribution in [1.82, 2.24) is 15.3 Å². The molecule has 0 bridgehead atoms. The second-order valence-corrected chi connectivity index (χ2v) is 9.08. The van der Waals surface area contributed by atoms with Crippen LogP contribution in [0.1, 0.15) is 30.5 Å². The van der Waals surface area contributed by atoms with Crippen LogP contribution < -0.4 is 10.9 Å². The maximum Gasteiger partial charge on any atom is 0.260 e. The number of aromatic nitrogens is 2. The zero-order valence-corrected chi connectivity index (χ0v) is 17.2. The first-order valence-corrected chi connectivity index (χ1v) is 11.3. The van der Waals surface area contributed by atoms with Crippen LogP contribution >= 0.6 is 34.4 Å². The van der Waals surface area contributed by atoms with Crippen molar-refractivity contribution >= 4 is 50.6 Å². The Morgan fingerprint density at radius 2 is 2.23 bits per heavy atom. The van der Waals surface area contributed by atoms with E-state index in [1.54, 1.807) is 11.3 Å². The summed E-state index contributed by atoms with van der Waals surface area (Å²) in [6, 6.07) is 4.10. The fourth-order valence-electron chi connectivity index (χ4n) is 2.52. The molecule has 3 aromatic rings. The summed E-state index contributed by atoms with van der Waals surface area (Å²) in [5.74, 6) is 1.52. The Labute approximate surface area is 164 Å². The van der Waals surface area contributed by atoms with E-state index in [-0.39, 0.29) is 11.5 Å². The van der Waals surface area contributed by atoms with Crippen LogP contribution in [0.5, 0.6) is 0 Å².